The van der Waals surface area contributed by atoms with Crippen molar-refractivity contribution in [3.05, 3.63) is 29.8 Å². The van der Waals surface area contributed by atoms with Crippen LogP contribution in [0.25, 0.3) is 0 Å². The van der Waals surface area contributed by atoms with E-state index in [0.717, 1.165) is 11.3 Å². The van der Waals surface area contributed by atoms with Crippen LogP contribution in [0.2, 0.25) is 0 Å². The van der Waals surface area contributed by atoms with Crippen molar-refractivity contribution >= 4 is 40.9 Å². The largest absolute Gasteiger partial charge is 0.449 e. The van der Waals surface area contributed by atoms with E-state index in [-0.39, 0.29) is 5.91 Å². The van der Waals surface area contributed by atoms with Gasteiger partial charge in [0.1, 0.15) is 0 Å². The molecule has 0 aromatic heterocycles. The van der Waals surface area contributed by atoms with E-state index in [1.54, 1.807) is 6.07 Å². The van der Waals surface area contributed by atoms with Crippen LogP contribution in [-0.4, -0.2) is 12.4 Å². The molecule has 1 aliphatic rings. The number of nitrogens with zero attached hydrogens (tertiary/aromatic N) is 1. The Labute approximate surface area is 94.3 Å². The summed E-state index contributed by atoms with van der Waals surface area (Å²) in [4.78, 5) is 21.8. The van der Waals surface area contributed by atoms with Crippen molar-refractivity contribution < 1.29 is 14.3 Å². The van der Waals surface area contributed by atoms with Crippen LogP contribution >= 0.6 is 22.9 Å². The van der Waals surface area contributed by atoms with Crippen LogP contribution in [-0.2, 0) is 14.3 Å². The van der Waals surface area contributed by atoms with Gasteiger partial charge < -0.3 is 4.74 Å². The lowest BCUT2D eigenvalue weighted by Crippen LogP contribution is -2.19. The number of para-hydroxylation sites is 1. The first-order valence-electron chi connectivity index (χ1n) is 3.93. The van der Waals surface area contributed by atoms with Gasteiger partial charge in [0.2, 0.25) is 6.10 Å². The molecular formula is C9H6INO3. The molecule has 0 spiro atoms. The summed E-state index contributed by atoms with van der Waals surface area (Å²) in [6.45, 7) is 0.301. The van der Waals surface area contributed by atoms with Gasteiger partial charge in [-0.2, -0.15) is 0 Å². The highest BCUT2D eigenvalue weighted by Gasteiger charge is 2.37. The Morgan fingerprint density at radius 3 is 2.86 bits per heavy atom. The van der Waals surface area contributed by atoms with E-state index in [1.807, 2.05) is 41.1 Å². The lowest BCUT2D eigenvalue weighted by Gasteiger charge is -2.06. The van der Waals surface area contributed by atoms with Gasteiger partial charge in [-0.3, -0.25) is 9.59 Å². The summed E-state index contributed by atoms with van der Waals surface area (Å²) < 4.78 is 6.19. The Morgan fingerprint density at radius 2 is 2.14 bits per heavy atom. The van der Waals surface area contributed by atoms with Crippen molar-refractivity contribution in [1.82, 2.24) is 0 Å². The number of benzene rings is 1. The van der Waals surface area contributed by atoms with E-state index < -0.39 is 6.10 Å². The first-order chi connectivity index (χ1) is 6.75. The Balaban J connectivity index is 2.47. The molecular weight excluding hydrogens is 297 g/mol. The first-order valence-corrected chi connectivity index (χ1v) is 4.90. The molecule has 1 atom stereocenters. The molecule has 0 radical (unpaired) electrons. The molecule has 1 aromatic carbocycles. The molecule has 0 fully saturated rings. The van der Waals surface area contributed by atoms with E-state index >= 15 is 0 Å². The zero-order valence-corrected chi connectivity index (χ0v) is 9.17. The molecule has 1 heterocycles. The molecule has 5 heteroatoms. The number of amides is 1. The van der Waals surface area contributed by atoms with Crippen LogP contribution in [0.1, 0.15) is 11.7 Å². The minimum atomic E-state index is -0.777. The third-order valence-corrected chi connectivity index (χ3v) is 3.04. The number of hydrogen-bond donors (Lipinski definition) is 0. The van der Waals surface area contributed by atoms with Gasteiger partial charge >= 0.3 is 0 Å². The van der Waals surface area contributed by atoms with E-state index in [0.29, 0.717) is 6.47 Å². The molecule has 1 unspecified atom stereocenters. The van der Waals surface area contributed by atoms with Crippen LogP contribution in [0.5, 0.6) is 0 Å². The Hall–Kier alpha value is -1.11. The normalized spacial score (nSPS) is 19.4. The van der Waals surface area contributed by atoms with Gasteiger partial charge in [-0.1, -0.05) is 18.2 Å². The molecule has 0 saturated carbocycles. The number of hydrogen-bond acceptors (Lipinski definition) is 3. The second-order valence-corrected chi connectivity index (χ2v) is 3.76. The molecule has 2 rings (SSSR count). The third-order valence-electron chi connectivity index (χ3n) is 2.04. The summed E-state index contributed by atoms with van der Waals surface area (Å²) in [6.07, 6.45) is -0.777. The van der Waals surface area contributed by atoms with Crippen molar-refractivity contribution in [2.24, 2.45) is 0 Å². The summed E-state index contributed by atoms with van der Waals surface area (Å²) in [5.74, 6) is -0.223. The predicted molar refractivity (Wildman–Crippen MR) is 57.8 cm³/mol. The van der Waals surface area contributed by atoms with Gasteiger partial charge in [-0.25, -0.2) is 3.11 Å². The number of carbonyl (C=O) groups excluding carboxylic acids is 2. The summed E-state index contributed by atoms with van der Waals surface area (Å²) >= 11 is 1.89. The van der Waals surface area contributed by atoms with Crippen molar-refractivity contribution in [2.75, 3.05) is 3.11 Å². The Bertz CT molecular complexity index is 393. The molecule has 0 aliphatic carbocycles. The van der Waals surface area contributed by atoms with Crippen molar-refractivity contribution in [1.29, 1.82) is 0 Å². The zero-order chi connectivity index (χ0) is 10.1. The summed E-state index contributed by atoms with van der Waals surface area (Å²) in [5.41, 5.74) is 1.52. The number of ether oxygens (including phenoxy) is 1. The van der Waals surface area contributed by atoms with E-state index in [4.69, 9.17) is 4.74 Å². The predicted octanol–water partition coefficient (Wildman–Crippen LogP) is 1.60. The molecule has 1 amide bonds. The Kier molecular flexibility index (Phi) is 2.40. The van der Waals surface area contributed by atoms with E-state index in [9.17, 15) is 9.59 Å². The van der Waals surface area contributed by atoms with Crippen LogP contribution in [0.4, 0.5) is 5.69 Å². The average molecular weight is 303 g/mol. The molecule has 1 aliphatic heterocycles. The van der Waals surface area contributed by atoms with Crippen LogP contribution < -0.4 is 3.11 Å². The quantitative estimate of drug-likeness (QED) is 0.473. The van der Waals surface area contributed by atoms with Gasteiger partial charge in [0.25, 0.3) is 12.4 Å². The summed E-state index contributed by atoms with van der Waals surface area (Å²) in [5, 5.41) is 0. The fourth-order valence-corrected chi connectivity index (χ4v) is 2.12. The molecule has 0 bridgehead atoms. The second kappa shape index (κ2) is 3.56. The summed E-state index contributed by atoms with van der Waals surface area (Å²) in [6, 6.07) is 7.23. The van der Waals surface area contributed by atoms with Gasteiger partial charge in [0.05, 0.1) is 28.6 Å². The minimum Gasteiger partial charge on any atom is -0.449 e. The Morgan fingerprint density at radius 1 is 1.43 bits per heavy atom. The SMILES string of the molecule is O=COC1C(=O)N(I)c2ccccc21. The van der Waals surface area contributed by atoms with Crippen LogP contribution in [0.3, 0.4) is 0 Å². The monoisotopic (exact) mass is 303 g/mol. The molecule has 0 N–H and O–H groups in total. The summed E-state index contributed by atoms with van der Waals surface area (Å²) in [7, 11) is 0. The standard InChI is InChI=1S/C9H6INO3/c10-11-7-4-2-1-3-6(7)8(9(11)13)14-5-12/h1-5,8H. The molecule has 0 saturated heterocycles. The number of fused-ring (bicyclic) bond motifs is 1. The zero-order valence-electron chi connectivity index (χ0n) is 7.01. The van der Waals surface area contributed by atoms with Gasteiger partial charge in [-0.15, -0.1) is 0 Å². The average Bonchev–Trinajstić information content (AvgIpc) is 2.45. The number of rotatable bonds is 2. The highest BCUT2D eigenvalue weighted by Crippen LogP contribution is 2.39. The highest BCUT2D eigenvalue weighted by atomic mass is 127. The highest BCUT2D eigenvalue weighted by molar-refractivity contribution is 14.1. The number of anilines is 1. The smallest absolute Gasteiger partial charge is 0.294 e. The van der Waals surface area contributed by atoms with Gasteiger partial charge in [0.15, 0.2) is 0 Å². The first kappa shape index (κ1) is 9.45. The minimum absolute atomic E-state index is 0.223. The van der Waals surface area contributed by atoms with Gasteiger partial charge in [-0.05, 0) is 6.07 Å². The number of carbonyl (C=O) groups is 2. The third kappa shape index (κ3) is 1.28. The topological polar surface area (TPSA) is 46.6 Å². The van der Waals surface area contributed by atoms with E-state index in [1.165, 1.54) is 3.11 Å². The molecule has 4 nitrogen and oxygen atoms in total. The maximum Gasteiger partial charge on any atom is 0.294 e. The lowest BCUT2D eigenvalue weighted by molar-refractivity contribution is -0.142. The molecule has 14 heavy (non-hydrogen) atoms. The molecule has 72 valence electrons. The van der Waals surface area contributed by atoms with Crippen molar-refractivity contribution in [2.45, 2.75) is 6.10 Å². The van der Waals surface area contributed by atoms with E-state index in [2.05, 4.69) is 0 Å². The van der Waals surface area contributed by atoms with Crippen molar-refractivity contribution in [3.8, 4) is 0 Å². The second-order valence-electron chi connectivity index (χ2n) is 2.79. The number of halogens is 1. The fourth-order valence-electron chi connectivity index (χ4n) is 1.43. The fraction of sp³-hybridized carbons (Fsp3) is 0.111. The molecule has 1 aromatic rings. The van der Waals surface area contributed by atoms with Crippen LogP contribution in [0.15, 0.2) is 24.3 Å². The van der Waals surface area contributed by atoms with Crippen molar-refractivity contribution in [3.63, 3.8) is 0 Å². The lowest BCUT2D eigenvalue weighted by atomic mass is 10.1. The van der Waals surface area contributed by atoms with Gasteiger partial charge in [0, 0.05) is 5.56 Å². The maximum absolute atomic E-state index is 11.6. The van der Waals surface area contributed by atoms with Crippen LogP contribution in [0, 0.1) is 0 Å². The maximum atomic E-state index is 11.6.